The number of carbonyl (C=O) groups excluding carboxylic acids is 1. The van der Waals surface area contributed by atoms with E-state index in [1.165, 1.54) is 29.4 Å². The number of aromatic amines is 1. The third-order valence-corrected chi connectivity index (χ3v) is 3.73. The Balaban J connectivity index is 1.93. The third-order valence-electron chi connectivity index (χ3n) is 1.58. The predicted molar refractivity (Wildman–Crippen MR) is 60.8 cm³/mol. The highest BCUT2D eigenvalue weighted by Crippen LogP contribution is 2.23. The number of aromatic nitrogens is 3. The standard InChI is InChI=1S/C8H6ClN3OS2/c9-7-2-1-6(15-7)5(13)3-14-8-10-4-11-12-8/h1-2,4H,3H2,(H,10,11,12). The van der Waals surface area contributed by atoms with E-state index >= 15 is 0 Å². The van der Waals surface area contributed by atoms with Crippen molar-refractivity contribution in [2.24, 2.45) is 0 Å². The lowest BCUT2D eigenvalue weighted by Crippen LogP contribution is -1.99. The molecule has 0 spiro atoms. The number of nitrogens with one attached hydrogen (secondary N) is 1. The van der Waals surface area contributed by atoms with E-state index in [1.807, 2.05) is 0 Å². The van der Waals surface area contributed by atoms with Gasteiger partial charge in [0.1, 0.15) is 6.33 Å². The number of Topliss-reactive ketones (excluding diaryl/α,β-unsaturated/α-hetero) is 1. The smallest absolute Gasteiger partial charge is 0.183 e. The molecule has 0 aromatic carbocycles. The van der Waals surface area contributed by atoms with Crippen molar-refractivity contribution in [1.82, 2.24) is 15.2 Å². The average Bonchev–Trinajstić information content (AvgIpc) is 2.84. The van der Waals surface area contributed by atoms with E-state index in [0.29, 0.717) is 20.1 Å². The van der Waals surface area contributed by atoms with Crippen molar-refractivity contribution in [3.63, 3.8) is 0 Å². The molecular weight excluding hydrogens is 254 g/mol. The Hall–Kier alpha value is -0.850. The molecule has 2 aromatic rings. The highest BCUT2D eigenvalue weighted by molar-refractivity contribution is 7.99. The highest BCUT2D eigenvalue weighted by Gasteiger charge is 2.10. The van der Waals surface area contributed by atoms with Crippen molar-refractivity contribution in [2.45, 2.75) is 5.16 Å². The topological polar surface area (TPSA) is 58.6 Å². The molecule has 4 nitrogen and oxygen atoms in total. The van der Waals surface area contributed by atoms with Crippen molar-refractivity contribution >= 4 is 40.5 Å². The van der Waals surface area contributed by atoms with Crippen molar-refractivity contribution in [3.05, 3.63) is 27.7 Å². The fraction of sp³-hybridized carbons (Fsp3) is 0.125. The number of ketones is 1. The first kappa shape index (κ1) is 10.7. The van der Waals surface area contributed by atoms with Crippen LogP contribution in [-0.2, 0) is 0 Å². The second kappa shape index (κ2) is 4.78. The molecule has 0 radical (unpaired) electrons. The predicted octanol–water partition coefficient (Wildman–Crippen LogP) is 2.49. The molecule has 7 heteroatoms. The molecule has 78 valence electrons. The summed E-state index contributed by atoms with van der Waals surface area (Å²) in [5.41, 5.74) is 0. The van der Waals surface area contributed by atoms with Crippen molar-refractivity contribution in [2.75, 3.05) is 5.75 Å². The van der Waals surface area contributed by atoms with Gasteiger partial charge in [-0.05, 0) is 12.1 Å². The van der Waals surface area contributed by atoms with E-state index in [0.717, 1.165) is 0 Å². The maximum absolute atomic E-state index is 11.6. The van der Waals surface area contributed by atoms with Crippen LogP contribution >= 0.6 is 34.7 Å². The lowest BCUT2D eigenvalue weighted by molar-refractivity contribution is 0.102. The number of hydrogen-bond acceptors (Lipinski definition) is 5. The molecule has 0 aliphatic carbocycles. The molecule has 0 aliphatic rings. The fourth-order valence-electron chi connectivity index (χ4n) is 0.933. The number of rotatable bonds is 4. The molecule has 0 saturated heterocycles. The van der Waals surface area contributed by atoms with Crippen LogP contribution in [0.3, 0.4) is 0 Å². The summed E-state index contributed by atoms with van der Waals surface area (Å²) in [4.78, 5) is 16.2. The van der Waals surface area contributed by atoms with Crippen LogP contribution in [0.5, 0.6) is 0 Å². The Labute approximate surface area is 99.1 Å². The van der Waals surface area contributed by atoms with E-state index in [4.69, 9.17) is 11.6 Å². The van der Waals surface area contributed by atoms with Gasteiger partial charge in [-0.15, -0.1) is 11.3 Å². The van der Waals surface area contributed by atoms with Gasteiger partial charge in [0.2, 0.25) is 0 Å². The van der Waals surface area contributed by atoms with Gasteiger partial charge in [-0.3, -0.25) is 9.89 Å². The minimum Gasteiger partial charge on any atom is -0.292 e. The van der Waals surface area contributed by atoms with Crippen LogP contribution in [0.1, 0.15) is 9.67 Å². The number of nitrogens with zero attached hydrogens (tertiary/aromatic N) is 2. The monoisotopic (exact) mass is 259 g/mol. The average molecular weight is 260 g/mol. The van der Waals surface area contributed by atoms with Crippen LogP contribution in [-0.4, -0.2) is 26.7 Å². The molecule has 0 amide bonds. The lowest BCUT2D eigenvalue weighted by atomic mass is 10.4. The van der Waals surface area contributed by atoms with E-state index in [1.54, 1.807) is 12.1 Å². The first-order valence-electron chi connectivity index (χ1n) is 4.02. The van der Waals surface area contributed by atoms with Crippen molar-refractivity contribution in [1.29, 1.82) is 0 Å². The molecule has 0 bridgehead atoms. The van der Waals surface area contributed by atoms with E-state index in [-0.39, 0.29) is 5.78 Å². The maximum atomic E-state index is 11.6. The summed E-state index contributed by atoms with van der Waals surface area (Å²) in [6, 6.07) is 3.45. The number of thioether (sulfide) groups is 1. The molecule has 0 unspecified atom stereocenters. The normalized spacial score (nSPS) is 10.5. The Kier molecular flexibility index (Phi) is 3.40. The zero-order valence-corrected chi connectivity index (χ0v) is 9.83. The van der Waals surface area contributed by atoms with Crippen molar-refractivity contribution in [3.8, 4) is 0 Å². The number of carbonyl (C=O) groups is 1. The summed E-state index contributed by atoms with van der Waals surface area (Å²) < 4.78 is 0.628. The van der Waals surface area contributed by atoms with Gasteiger partial charge < -0.3 is 0 Å². The molecule has 2 heterocycles. The van der Waals surface area contributed by atoms with Gasteiger partial charge in [0, 0.05) is 0 Å². The summed E-state index contributed by atoms with van der Waals surface area (Å²) in [5, 5.41) is 7.01. The Morgan fingerprint density at radius 3 is 3.07 bits per heavy atom. The Morgan fingerprint density at radius 1 is 1.60 bits per heavy atom. The van der Waals surface area contributed by atoms with E-state index in [2.05, 4.69) is 15.2 Å². The third kappa shape index (κ3) is 2.80. The van der Waals surface area contributed by atoms with E-state index < -0.39 is 0 Å². The largest absolute Gasteiger partial charge is 0.292 e. The van der Waals surface area contributed by atoms with E-state index in [9.17, 15) is 4.79 Å². The van der Waals surface area contributed by atoms with Gasteiger partial charge >= 0.3 is 0 Å². The minimum absolute atomic E-state index is 0.0494. The van der Waals surface area contributed by atoms with Crippen LogP contribution in [0.15, 0.2) is 23.6 Å². The zero-order valence-electron chi connectivity index (χ0n) is 7.44. The maximum Gasteiger partial charge on any atom is 0.183 e. The van der Waals surface area contributed by atoms with Crippen LogP contribution in [0, 0.1) is 0 Å². The number of halogens is 1. The molecular formula is C8H6ClN3OS2. The SMILES string of the molecule is O=C(CSc1ncn[nH]1)c1ccc(Cl)s1. The summed E-state index contributed by atoms with van der Waals surface area (Å²) in [7, 11) is 0. The summed E-state index contributed by atoms with van der Waals surface area (Å²) in [5.74, 6) is 0.389. The molecule has 0 atom stereocenters. The summed E-state index contributed by atoms with van der Waals surface area (Å²) in [6.45, 7) is 0. The Bertz CT molecular complexity index is 454. The van der Waals surface area contributed by atoms with Crippen LogP contribution in [0.2, 0.25) is 4.34 Å². The van der Waals surface area contributed by atoms with Gasteiger partial charge in [-0.25, -0.2) is 4.98 Å². The molecule has 2 aromatic heterocycles. The highest BCUT2D eigenvalue weighted by atomic mass is 35.5. The van der Waals surface area contributed by atoms with Gasteiger partial charge in [-0.1, -0.05) is 23.4 Å². The van der Waals surface area contributed by atoms with Crippen LogP contribution in [0.25, 0.3) is 0 Å². The molecule has 1 N–H and O–H groups in total. The van der Waals surface area contributed by atoms with Gasteiger partial charge in [0.05, 0.1) is 15.0 Å². The number of H-pyrrole nitrogens is 1. The fourth-order valence-corrected chi connectivity index (χ4v) is 2.67. The molecule has 0 saturated carbocycles. The van der Waals surface area contributed by atoms with Crippen LogP contribution in [0.4, 0.5) is 0 Å². The van der Waals surface area contributed by atoms with Crippen LogP contribution < -0.4 is 0 Å². The minimum atomic E-state index is 0.0494. The van der Waals surface area contributed by atoms with Gasteiger partial charge in [0.25, 0.3) is 0 Å². The Morgan fingerprint density at radius 2 is 2.47 bits per heavy atom. The molecule has 15 heavy (non-hydrogen) atoms. The van der Waals surface area contributed by atoms with Gasteiger partial charge in [0.15, 0.2) is 10.9 Å². The second-order valence-corrected chi connectivity index (χ2v) is 5.29. The van der Waals surface area contributed by atoms with Crippen molar-refractivity contribution < 1.29 is 4.79 Å². The molecule has 2 rings (SSSR count). The first-order valence-corrected chi connectivity index (χ1v) is 6.20. The number of thiophene rings is 1. The molecule has 0 aliphatic heterocycles. The zero-order chi connectivity index (χ0) is 10.7. The summed E-state index contributed by atoms with van der Waals surface area (Å²) in [6.07, 6.45) is 1.41. The van der Waals surface area contributed by atoms with Gasteiger partial charge in [-0.2, -0.15) is 5.10 Å². The summed E-state index contributed by atoms with van der Waals surface area (Å²) >= 11 is 8.35. The quantitative estimate of drug-likeness (QED) is 0.677. The number of hydrogen-bond donors (Lipinski definition) is 1. The molecule has 0 fully saturated rings. The second-order valence-electron chi connectivity index (χ2n) is 2.61. The lowest BCUT2D eigenvalue weighted by Gasteiger charge is -1.94. The first-order chi connectivity index (χ1) is 7.25.